The molecule has 0 saturated heterocycles. The highest BCUT2D eigenvalue weighted by Gasteiger charge is 2.40. The van der Waals surface area contributed by atoms with Gasteiger partial charge in [0.25, 0.3) is 0 Å². The molecule has 0 bridgehead atoms. The van der Waals surface area contributed by atoms with Gasteiger partial charge in [0.2, 0.25) is 11.7 Å². The molecule has 1 N–H and O–H groups in total. The first-order chi connectivity index (χ1) is 8.70. The van der Waals surface area contributed by atoms with E-state index in [1.165, 1.54) is 0 Å². The molecule has 0 amide bonds. The predicted octanol–water partition coefficient (Wildman–Crippen LogP) is 2.19. The van der Waals surface area contributed by atoms with Crippen LogP contribution in [0.3, 0.4) is 0 Å². The van der Waals surface area contributed by atoms with Crippen molar-refractivity contribution in [3.63, 3.8) is 0 Å². The summed E-state index contributed by atoms with van der Waals surface area (Å²) < 4.78 is 11.1. The zero-order valence-electron chi connectivity index (χ0n) is 11.2. The molecule has 0 aromatic carbocycles. The van der Waals surface area contributed by atoms with Crippen LogP contribution in [-0.2, 0) is 16.8 Å². The molecule has 5 nitrogen and oxygen atoms in total. The second-order valence-electron chi connectivity index (χ2n) is 4.91. The normalized spacial score (nSPS) is 20.2. The largest absolute Gasteiger partial charge is 0.393 e. The van der Waals surface area contributed by atoms with Crippen LogP contribution in [0.5, 0.6) is 0 Å². The summed E-state index contributed by atoms with van der Waals surface area (Å²) in [5.41, 5.74) is -0.354. The Kier molecular flexibility index (Phi) is 4.35. The molecule has 1 atom stereocenters. The minimum Gasteiger partial charge on any atom is -0.393 e. The second kappa shape index (κ2) is 5.80. The van der Waals surface area contributed by atoms with Gasteiger partial charge in [0.15, 0.2) is 0 Å². The van der Waals surface area contributed by atoms with Crippen LogP contribution in [0, 0.1) is 0 Å². The Morgan fingerprint density at radius 3 is 2.72 bits per heavy atom. The highest BCUT2D eigenvalue weighted by Crippen LogP contribution is 2.40. The standard InChI is InChI=1S/C13H22N2O3/c1-3-10(16)9-11-14-12(15-18-11)13(17-4-2)7-5-6-8-13/h10,16H,3-9H2,1-2H3. The number of nitrogens with zero attached hydrogens (tertiary/aromatic N) is 2. The predicted molar refractivity (Wildman–Crippen MR) is 66.1 cm³/mol. The monoisotopic (exact) mass is 254 g/mol. The molecule has 1 unspecified atom stereocenters. The average Bonchev–Trinajstić information content (AvgIpc) is 2.99. The van der Waals surface area contributed by atoms with Gasteiger partial charge in [0.05, 0.1) is 12.5 Å². The van der Waals surface area contributed by atoms with Gasteiger partial charge in [0, 0.05) is 6.61 Å². The maximum atomic E-state index is 9.59. The smallest absolute Gasteiger partial charge is 0.229 e. The summed E-state index contributed by atoms with van der Waals surface area (Å²) >= 11 is 0. The molecule has 0 spiro atoms. The summed E-state index contributed by atoms with van der Waals surface area (Å²) in [4.78, 5) is 4.41. The summed E-state index contributed by atoms with van der Waals surface area (Å²) in [5.74, 6) is 1.16. The molecule has 1 heterocycles. The first-order valence-electron chi connectivity index (χ1n) is 6.85. The molecule has 1 aliphatic rings. The summed E-state index contributed by atoms with van der Waals surface area (Å²) in [6.45, 7) is 4.57. The summed E-state index contributed by atoms with van der Waals surface area (Å²) in [7, 11) is 0. The van der Waals surface area contributed by atoms with Gasteiger partial charge < -0.3 is 14.4 Å². The van der Waals surface area contributed by atoms with Crippen molar-refractivity contribution < 1.29 is 14.4 Å². The number of hydrogen-bond acceptors (Lipinski definition) is 5. The minimum atomic E-state index is -0.412. The van der Waals surface area contributed by atoms with E-state index < -0.39 is 6.10 Å². The quantitative estimate of drug-likeness (QED) is 0.842. The van der Waals surface area contributed by atoms with E-state index in [0.717, 1.165) is 25.7 Å². The number of ether oxygens (including phenoxy) is 1. The van der Waals surface area contributed by atoms with Crippen LogP contribution >= 0.6 is 0 Å². The third-order valence-electron chi connectivity index (χ3n) is 3.59. The molecule has 18 heavy (non-hydrogen) atoms. The van der Waals surface area contributed by atoms with Crippen LogP contribution in [0.4, 0.5) is 0 Å². The molecule has 0 radical (unpaired) electrons. The van der Waals surface area contributed by atoms with Crippen molar-refractivity contribution in [2.45, 2.75) is 64.1 Å². The van der Waals surface area contributed by atoms with Crippen LogP contribution in [-0.4, -0.2) is 28.0 Å². The first-order valence-corrected chi connectivity index (χ1v) is 6.85. The highest BCUT2D eigenvalue weighted by molar-refractivity contribution is 5.04. The summed E-state index contributed by atoms with van der Waals surface area (Å²) in [5, 5.41) is 13.6. The molecule has 1 saturated carbocycles. The number of hydrogen-bond donors (Lipinski definition) is 1. The zero-order valence-corrected chi connectivity index (χ0v) is 11.2. The lowest BCUT2D eigenvalue weighted by atomic mass is 10.0. The Morgan fingerprint density at radius 1 is 1.39 bits per heavy atom. The second-order valence-corrected chi connectivity index (χ2v) is 4.91. The minimum absolute atomic E-state index is 0.354. The molecule has 1 aromatic rings. The highest BCUT2D eigenvalue weighted by atomic mass is 16.5. The van der Waals surface area contributed by atoms with Crippen molar-refractivity contribution in [2.24, 2.45) is 0 Å². The summed E-state index contributed by atoms with van der Waals surface area (Å²) in [6.07, 6.45) is 4.89. The number of aliphatic hydroxyl groups excluding tert-OH is 1. The molecule has 2 rings (SSSR count). The van der Waals surface area contributed by atoms with Crippen LogP contribution in [0.15, 0.2) is 4.52 Å². The Labute approximate surface area is 108 Å². The fourth-order valence-electron chi connectivity index (χ4n) is 2.52. The van der Waals surface area contributed by atoms with E-state index in [4.69, 9.17) is 9.26 Å². The van der Waals surface area contributed by atoms with E-state index >= 15 is 0 Å². The molecule has 0 aliphatic heterocycles. The third kappa shape index (κ3) is 2.72. The van der Waals surface area contributed by atoms with Crippen molar-refractivity contribution in [2.75, 3.05) is 6.61 Å². The fraction of sp³-hybridized carbons (Fsp3) is 0.846. The average molecular weight is 254 g/mol. The number of aromatic nitrogens is 2. The number of rotatable bonds is 6. The van der Waals surface area contributed by atoms with Crippen molar-refractivity contribution >= 4 is 0 Å². The van der Waals surface area contributed by atoms with Gasteiger partial charge in [-0.3, -0.25) is 0 Å². The van der Waals surface area contributed by atoms with Crippen molar-refractivity contribution in [3.05, 3.63) is 11.7 Å². The van der Waals surface area contributed by atoms with E-state index in [2.05, 4.69) is 10.1 Å². The van der Waals surface area contributed by atoms with Gasteiger partial charge in [-0.25, -0.2) is 0 Å². The van der Waals surface area contributed by atoms with Crippen LogP contribution in [0.25, 0.3) is 0 Å². The maximum Gasteiger partial charge on any atom is 0.229 e. The van der Waals surface area contributed by atoms with Gasteiger partial charge in [-0.15, -0.1) is 0 Å². The van der Waals surface area contributed by atoms with Crippen molar-refractivity contribution in [1.29, 1.82) is 0 Å². The molecule has 5 heteroatoms. The molecule has 1 aliphatic carbocycles. The Bertz CT molecular complexity index is 372. The first kappa shape index (κ1) is 13.5. The maximum absolute atomic E-state index is 9.59. The van der Waals surface area contributed by atoms with Gasteiger partial charge in [0.1, 0.15) is 5.60 Å². The Hall–Kier alpha value is -0.940. The van der Waals surface area contributed by atoms with Crippen molar-refractivity contribution in [1.82, 2.24) is 10.1 Å². The van der Waals surface area contributed by atoms with Gasteiger partial charge in [-0.05, 0) is 39.0 Å². The third-order valence-corrected chi connectivity index (χ3v) is 3.59. The van der Waals surface area contributed by atoms with Gasteiger partial charge in [-0.1, -0.05) is 12.1 Å². The number of aliphatic hydroxyl groups is 1. The van der Waals surface area contributed by atoms with E-state index in [1.54, 1.807) is 0 Å². The topological polar surface area (TPSA) is 68.4 Å². The Morgan fingerprint density at radius 2 is 2.11 bits per heavy atom. The van der Waals surface area contributed by atoms with Crippen LogP contribution < -0.4 is 0 Å². The zero-order chi connectivity index (χ0) is 13.0. The molecular weight excluding hydrogens is 232 g/mol. The molecular formula is C13H22N2O3. The van der Waals surface area contributed by atoms with E-state index in [1.807, 2.05) is 13.8 Å². The SMILES string of the molecule is CCOC1(c2noc(CC(O)CC)n2)CCCC1. The molecule has 102 valence electrons. The van der Waals surface area contributed by atoms with Gasteiger partial charge in [-0.2, -0.15) is 4.98 Å². The molecule has 1 fully saturated rings. The van der Waals surface area contributed by atoms with Crippen molar-refractivity contribution in [3.8, 4) is 0 Å². The fourth-order valence-corrected chi connectivity index (χ4v) is 2.52. The lowest BCUT2D eigenvalue weighted by Crippen LogP contribution is -2.27. The van der Waals surface area contributed by atoms with E-state index in [9.17, 15) is 5.11 Å². The van der Waals surface area contributed by atoms with E-state index in [0.29, 0.717) is 31.2 Å². The van der Waals surface area contributed by atoms with Crippen LogP contribution in [0.1, 0.15) is 57.7 Å². The van der Waals surface area contributed by atoms with Gasteiger partial charge >= 0.3 is 0 Å². The molecule has 1 aromatic heterocycles. The summed E-state index contributed by atoms with van der Waals surface area (Å²) in [6, 6.07) is 0. The van der Waals surface area contributed by atoms with E-state index in [-0.39, 0.29) is 5.60 Å². The lowest BCUT2D eigenvalue weighted by Gasteiger charge is -2.24. The van der Waals surface area contributed by atoms with Crippen LogP contribution in [0.2, 0.25) is 0 Å². The lowest BCUT2D eigenvalue weighted by molar-refractivity contribution is -0.0469. The Balaban J connectivity index is 2.12.